The number of hydrogen-bond acceptors (Lipinski definition) is 4. The van der Waals surface area contributed by atoms with Crippen molar-refractivity contribution in [3.8, 4) is 0 Å². The molecule has 0 bridgehead atoms. The van der Waals surface area contributed by atoms with Crippen LogP contribution in [0.1, 0.15) is 36.6 Å². The van der Waals surface area contributed by atoms with E-state index in [0.29, 0.717) is 18.7 Å². The number of aliphatic hydroxyl groups excluding tert-OH is 1. The molecule has 0 unspecified atom stereocenters. The van der Waals surface area contributed by atoms with Crippen LogP contribution >= 0.6 is 0 Å². The first-order valence-corrected chi connectivity index (χ1v) is 10.2. The second-order valence-electron chi connectivity index (χ2n) is 7.44. The highest BCUT2D eigenvalue weighted by Crippen LogP contribution is 2.39. The molecule has 1 aliphatic rings. The minimum absolute atomic E-state index is 0.0370. The van der Waals surface area contributed by atoms with E-state index in [1.165, 1.54) is 29.2 Å². The Morgan fingerprint density at radius 3 is 2.20 bits per heavy atom. The molecule has 2 aromatic carbocycles. The van der Waals surface area contributed by atoms with Crippen LogP contribution in [0.5, 0.6) is 0 Å². The smallest absolute Gasteiger partial charge is 0.295 e. The minimum atomic E-state index is -0.720. The van der Waals surface area contributed by atoms with Gasteiger partial charge in [-0.2, -0.15) is 0 Å². The van der Waals surface area contributed by atoms with Crippen LogP contribution in [0.15, 0.2) is 54.1 Å². The van der Waals surface area contributed by atoms with E-state index in [0.717, 1.165) is 24.2 Å². The van der Waals surface area contributed by atoms with E-state index in [4.69, 9.17) is 0 Å². The lowest BCUT2D eigenvalue weighted by Crippen LogP contribution is -2.38. The summed E-state index contributed by atoms with van der Waals surface area (Å²) in [5.74, 6) is -2.08. The van der Waals surface area contributed by atoms with E-state index < -0.39 is 23.5 Å². The molecule has 1 aliphatic heterocycles. The average molecular weight is 410 g/mol. The largest absolute Gasteiger partial charge is 0.507 e. The summed E-state index contributed by atoms with van der Waals surface area (Å²) in [4.78, 5) is 29.5. The number of carbonyl (C=O) groups excluding carboxylic acids is 2. The van der Waals surface area contributed by atoms with Gasteiger partial charge in [-0.05, 0) is 49.8 Å². The fourth-order valence-electron chi connectivity index (χ4n) is 3.76. The number of benzene rings is 2. The molecular weight excluding hydrogens is 383 g/mol. The molecule has 158 valence electrons. The number of aryl methyl sites for hydroxylation is 1. The van der Waals surface area contributed by atoms with Gasteiger partial charge in [0.2, 0.25) is 0 Å². The lowest BCUT2D eigenvalue weighted by molar-refractivity contribution is -0.140. The van der Waals surface area contributed by atoms with Gasteiger partial charge < -0.3 is 14.9 Å². The van der Waals surface area contributed by atoms with Gasteiger partial charge in [0.05, 0.1) is 11.6 Å². The molecule has 1 fully saturated rings. The quantitative estimate of drug-likeness (QED) is 0.427. The van der Waals surface area contributed by atoms with Crippen molar-refractivity contribution in [2.45, 2.75) is 26.8 Å². The Labute approximate surface area is 176 Å². The van der Waals surface area contributed by atoms with Crippen LogP contribution in [0.25, 0.3) is 5.76 Å². The third-order valence-corrected chi connectivity index (χ3v) is 5.60. The number of likely N-dealkylation sites (tertiary alicyclic amines) is 1. The van der Waals surface area contributed by atoms with Gasteiger partial charge in [0.25, 0.3) is 11.7 Å². The molecule has 1 atom stereocenters. The zero-order valence-electron chi connectivity index (χ0n) is 17.6. The highest BCUT2D eigenvalue weighted by molar-refractivity contribution is 6.46. The van der Waals surface area contributed by atoms with Crippen LogP contribution in [0.4, 0.5) is 4.39 Å². The van der Waals surface area contributed by atoms with Crippen molar-refractivity contribution in [3.05, 3.63) is 76.6 Å². The van der Waals surface area contributed by atoms with Gasteiger partial charge in [-0.15, -0.1) is 0 Å². The number of amides is 1. The number of halogens is 1. The third kappa shape index (κ3) is 4.28. The van der Waals surface area contributed by atoms with E-state index >= 15 is 0 Å². The molecule has 1 N–H and O–H groups in total. The standard InChI is InChI=1S/C24H27FN2O3/c1-4-26(5-2)14-15-27-21(17-8-6-16(3)7-9-17)20(23(29)24(27)30)22(28)18-10-12-19(25)13-11-18/h6-13,21,28H,4-5,14-15H2,1-3H3/b22-20+/t21-/m0/s1. The highest BCUT2D eigenvalue weighted by atomic mass is 19.1. The molecule has 1 heterocycles. The molecule has 5 nitrogen and oxygen atoms in total. The number of Topliss-reactive ketones (excluding diaryl/α,β-unsaturated/α-hetero) is 1. The Morgan fingerprint density at radius 2 is 1.63 bits per heavy atom. The van der Waals surface area contributed by atoms with Gasteiger partial charge in [-0.25, -0.2) is 4.39 Å². The lowest BCUT2D eigenvalue weighted by Gasteiger charge is -2.28. The SMILES string of the molecule is CCN(CC)CCN1C(=O)C(=O)/C(=C(/O)c2ccc(F)cc2)[C@@H]1c1ccc(C)cc1. The van der Waals surface area contributed by atoms with Gasteiger partial charge in [0.1, 0.15) is 11.6 Å². The summed E-state index contributed by atoms with van der Waals surface area (Å²) in [5.41, 5.74) is 2.14. The molecule has 2 aromatic rings. The van der Waals surface area contributed by atoms with Crippen molar-refractivity contribution >= 4 is 17.4 Å². The molecule has 0 aromatic heterocycles. The van der Waals surface area contributed by atoms with Crippen LogP contribution in [0, 0.1) is 12.7 Å². The van der Waals surface area contributed by atoms with E-state index in [2.05, 4.69) is 4.90 Å². The maximum absolute atomic E-state index is 13.3. The fourth-order valence-corrected chi connectivity index (χ4v) is 3.76. The van der Waals surface area contributed by atoms with Gasteiger partial charge in [0.15, 0.2) is 0 Å². The second-order valence-corrected chi connectivity index (χ2v) is 7.44. The number of hydrogen-bond donors (Lipinski definition) is 1. The Hall–Kier alpha value is -2.99. The molecule has 0 aliphatic carbocycles. The Balaban J connectivity index is 2.08. The van der Waals surface area contributed by atoms with Gasteiger partial charge in [-0.1, -0.05) is 43.7 Å². The molecule has 30 heavy (non-hydrogen) atoms. The van der Waals surface area contributed by atoms with Gasteiger partial charge >= 0.3 is 0 Å². The Kier molecular flexibility index (Phi) is 6.67. The van der Waals surface area contributed by atoms with E-state index in [1.54, 1.807) is 0 Å². The van der Waals surface area contributed by atoms with Crippen molar-refractivity contribution in [3.63, 3.8) is 0 Å². The van der Waals surface area contributed by atoms with Gasteiger partial charge in [0, 0.05) is 18.7 Å². The Morgan fingerprint density at radius 1 is 1.03 bits per heavy atom. The van der Waals surface area contributed by atoms with Crippen molar-refractivity contribution in [2.24, 2.45) is 0 Å². The number of likely N-dealkylation sites (N-methyl/N-ethyl adjacent to an activating group) is 1. The molecular formula is C24H27FN2O3. The molecule has 0 spiro atoms. The summed E-state index contributed by atoms with van der Waals surface area (Å²) in [6, 6.07) is 12.1. The van der Waals surface area contributed by atoms with Crippen LogP contribution in [-0.2, 0) is 9.59 Å². The topological polar surface area (TPSA) is 60.9 Å². The van der Waals surface area contributed by atoms with Gasteiger partial charge in [-0.3, -0.25) is 9.59 Å². The number of ketones is 1. The van der Waals surface area contributed by atoms with E-state index in [1.807, 2.05) is 45.0 Å². The summed E-state index contributed by atoms with van der Waals surface area (Å²) < 4.78 is 13.3. The summed E-state index contributed by atoms with van der Waals surface area (Å²) in [5, 5.41) is 10.9. The minimum Gasteiger partial charge on any atom is -0.507 e. The van der Waals surface area contributed by atoms with Crippen LogP contribution in [0.2, 0.25) is 0 Å². The summed E-state index contributed by atoms with van der Waals surface area (Å²) >= 11 is 0. The summed E-state index contributed by atoms with van der Waals surface area (Å²) in [7, 11) is 0. The van der Waals surface area contributed by atoms with Crippen LogP contribution in [-0.4, -0.2) is 52.8 Å². The van der Waals surface area contributed by atoms with Crippen LogP contribution < -0.4 is 0 Å². The zero-order chi connectivity index (χ0) is 21.8. The first kappa shape index (κ1) is 21.7. The maximum atomic E-state index is 13.3. The molecule has 0 saturated carbocycles. The summed E-state index contributed by atoms with van der Waals surface area (Å²) in [6.07, 6.45) is 0. The molecule has 3 rings (SSSR count). The molecule has 1 amide bonds. The van der Waals surface area contributed by atoms with E-state index in [9.17, 15) is 19.1 Å². The lowest BCUT2D eigenvalue weighted by atomic mass is 9.94. The molecule has 0 radical (unpaired) electrons. The predicted molar refractivity (Wildman–Crippen MR) is 114 cm³/mol. The predicted octanol–water partition coefficient (Wildman–Crippen LogP) is 3.90. The summed E-state index contributed by atoms with van der Waals surface area (Å²) in [6.45, 7) is 8.72. The van der Waals surface area contributed by atoms with E-state index in [-0.39, 0.29) is 11.3 Å². The van der Waals surface area contributed by atoms with Crippen LogP contribution in [0.3, 0.4) is 0 Å². The number of aliphatic hydroxyl groups is 1. The van der Waals surface area contributed by atoms with Crippen molar-refractivity contribution < 1.29 is 19.1 Å². The van der Waals surface area contributed by atoms with Crippen molar-refractivity contribution in [1.82, 2.24) is 9.80 Å². The molecule has 6 heteroatoms. The van der Waals surface area contributed by atoms with Crippen molar-refractivity contribution in [1.29, 1.82) is 0 Å². The monoisotopic (exact) mass is 410 g/mol. The number of rotatable bonds is 7. The average Bonchev–Trinajstić information content (AvgIpc) is 3.00. The maximum Gasteiger partial charge on any atom is 0.295 e. The highest BCUT2D eigenvalue weighted by Gasteiger charge is 2.45. The fraction of sp³-hybridized carbons (Fsp3) is 0.333. The normalized spacial score (nSPS) is 18.4. The van der Waals surface area contributed by atoms with Crippen molar-refractivity contribution in [2.75, 3.05) is 26.2 Å². The zero-order valence-corrected chi connectivity index (χ0v) is 17.6. The first-order chi connectivity index (χ1) is 14.4. The molecule has 1 saturated heterocycles. The third-order valence-electron chi connectivity index (χ3n) is 5.60. The number of nitrogens with zero attached hydrogens (tertiary/aromatic N) is 2. The first-order valence-electron chi connectivity index (χ1n) is 10.2. The Bertz CT molecular complexity index is 947. The number of carbonyl (C=O) groups is 2. The second kappa shape index (κ2) is 9.22.